The van der Waals surface area contributed by atoms with Gasteiger partial charge in [0.25, 0.3) is 0 Å². The zero-order valence-corrected chi connectivity index (χ0v) is 9.48. The first-order chi connectivity index (χ1) is 6.25. The Bertz CT molecular complexity index is 290. The lowest BCUT2D eigenvalue weighted by Gasteiger charge is -2.00. The molecule has 1 nitrogen and oxygen atoms in total. The number of nitrogens with two attached hydrogens (primary N) is 1. The molecule has 1 rings (SSSR count). The van der Waals surface area contributed by atoms with Gasteiger partial charge in [-0.15, -0.1) is 0 Å². The van der Waals surface area contributed by atoms with Gasteiger partial charge >= 0.3 is 0 Å². The molecule has 13 heavy (non-hydrogen) atoms. The largest absolute Gasteiger partial charge is 0.330 e. The van der Waals surface area contributed by atoms with Crippen molar-refractivity contribution in [1.82, 2.24) is 0 Å². The van der Waals surface area contributed by atoms with Crippen molar-refractivity contribution in [2.75, 3.05) is 6.54 Å². The zero-order valence-electron chi connectivity index (χ0n) is 7.13. The van der Waals surface area contributed by atoms with Crippen LogP contribution in [0.1, 0.15) is 12.0 Å². The maximum absolute atomic E-state index is 6.00. The maximum atomic E-state index is 6.00. The summed E-state index contributed by atoms with van der Waals surface area (Å²) >= 11 is 9.43. The van der Waals surface area contributed by atoms with E-state index in [1.54, 1.807) is 0 Å². The second kappa shape index (κ2) is 5.43. The number of rotatable bonds is 3. The molecule has 0 heterocycles. The van der Waals surface area contributed by atoms with Crippen molar-refractivity contribution in [2.45, 2.75) is 6.42 Å². The van der Waals surface area contributed by atoms with Gasteiger partial charge in [-0.05, 0) is 25.1 Å². The SMILES string of the molecule is NCC/C=C/c1c(Cl)cccc1Br. The van der Waals surface area contributed by atoms with Crippen LogP contribution in [0.25, 0.3) is 6.08 Å². The molecule has 0 spiro atoms. The van der Waals surface area contributed by atoms with Gasteiger partial charge in [-0.25, -0.2) is 0 Å². The molecule has 0 aliphatic heterocycles. The minimum Gasteiger partial charge on any atom is -0.330 e. The van der Waals surface area contributed by atoms with E-state index in [1.807, 2.05) is 30.4 Å². The van der Waals surface area contributed by atoms with E-state index in [2.05, 4.69) is 15.9 Å². The molecule has 0 aromatic heterocycles. The first kappa shape index (κ1) is 10.8. The topological polar surface area (TPSA) is 26.0 Å². The summed E-state index contributed by atoms with van der Waals surface area (Å²) < 4.78 is 1.01. The molecule has 1 aromatic rings. The Morgan fingerprint density at radius 3 is 2.85 bits per heavy atom. The molecule has 0 aliphatic rings. The van der Waals surface area contributed by atoms with E-state index in [0.717, 1.165) is 21.5 Å². The van der Waals surface area contributed by atoms with Gasteiger partial charge in [-0.3, -0.25) is 0 Å². The highest BCUT2D eigenvalue weighted by Crippen LogP contribution is 2.25. The lowest BCUT2D eigenvalue weighted by atomic mass is 10.2. The molecule has 0 atom stereocenters. The molecule has 0 saturated heterocycles. The summed E-state index contributed by atoms with van der Waals surface area (Å²) in [4.78, 5) is 0. The molecule has 0 saturated carbocycles. The minimum atomic E-state index is 0.665. The van der Waals surface area contributed by atoms with E-state index < -0.39 is 0 Å². The average molecular weight is 261 g/mol. The van der Waals surface area contributed by atoms with E-state index in [0.29, 0.717) is 6.54 Å². The molecule has 0 bridgehead atoms. The second-order valence-corrected chi connectivity index (χ2v) is 3.88. The van der Waals surface area contributed by atoms with Gasteiger partial charge in [-0.2, -0.15) is 0 Å². The van der Waals surface area contributed by atoms with E-state index >= 15 is 0 Å². The molecule has 0 fully saturated rings. The molecule has 0 radical (unpaired) electrons. The molecule has 0 aliphatic carbocycles. The molecule has 3 heteroatoms. The lowest BCUT2D eigenvalue weighted by Crippen LogP contribution is -1.95. The standard InChI is InChI=1S/C10H11BrClN/c11-9-5-3-6-10(12)8(9)4-1-2-7-13/h1,3-6H,2,7,13H2/b4-1+. The van der Waals surface area contributed by atoms with Crippen molar-refractivity contribution < 1.29 is 0 Å². The summed E-state index contributed by atoms with van der Waals surface area (Å²) in [6.07, 6.45) is 4.88. The highest BCUT2D eigenvalue weighted by Gasteiger charge is 1.99. The lowest BCUT2D eigenvalue weighted by molar-refractivity contribution is 1.01. The third-order valence-corrected chi connectivity index (χ3v) is 2.64. The smallest absolute Gasteiger partial charge is 0.0489 e. The van der Waals surface area contributed by atoms with Crippen LogP contribution in [0.3, 0.4) is 0 Å². The van der Waals surface area contributed by atoms with Crippen molar-refractivity contribution in [2.24, 2.45) is 5.73 Å². The molecule has 70 valence electrons. The third kappa shape index (κ3) is 3.14. The Labute approximate surface area is 91.7 Å². The Morgan fingerprint density at radius 2 is 2.23 bits per heavy atom. The van der Waals surface area contributed by atoms with Crippen LogP contribution in [0.5, 0.6) is 0 Å². The van der Waals surface area contributed by atoms with Crippen molar-refractivity contribution in [3.8, 4) is 0 Å². The predicted octanol–water partition coefficient (Wildman–Crippen LogP) is 3.46. The fourth-order valence-electron chi connectivity index (χ4n) is 0.967. The van der Waals surface area contributed by atoms with Crippen LogP contribution >= 0.6 is 27.5 Å². The van der Waals surface area contributed by atoms with Gasteiger partial charge in [0.15, 0.2) is 0 Å². The van der Waals surface area contributed by atoms with Gasteiger partial charge in [-0.1, -0.05) is 45.7 Å². The summed E-state index contributed by atoms with van der Waals surface area (Å²) in [6, 6.07) is 5.75. The Hall–Kier alpha value is -0.310. The summed E-state index contributed by atoms with van der Waals surface area (Å²) in [5, 5.41) is 0.752. The molecule has 2 N–H and O–H groups in total. The normalized spacial score (nSPS) is 11.0. The Balaban J connectivity index is 2.87. The van der Waals surface area contributed by atoms with Crippen LogP contribution in [-0.2, 0) is 0 Å². The number of halogens is 2. The third-order valence-electron chi connectivity index (χ3n) is 1.62. The Morgan fingerprint density at radius 1 is 1.46 bits per heavy atom. The number of benzene rings is 1. The van der Waals surface area contributed by atoms with E-state index in [4.69, 9.17) is 17.3 Å². The molecule has 0 unspecified atom stereocenters. The van der Waals surface area contributed by atoms with Gasteiger partial charge in [0.2, 0.25) is 0 Å². The van der Waals surface area contributed by atoms with Gasteiger partial charge < -0.3 is 5.73 Å². The van der Waals surface area contributed by atoms with Gasteiger partial charge in [0.05, 0.1) is 0 Å². The first-order valence-electron chi connectivity index (χ1n) is 4.06. The quantitative estimate of drug-likeness (QED) is 0.885. The minimum absolute atomic E-state index is 0.665. The van der Waals surface area contributed by atoms with E-state index in [9.17, 15) is 0 Å². The number of hydrogen-bond acceptors (Lipinski definition) is 1. The van der Waals surface area contributed by atoms with Crippen LogP contribution in [0.2, 0.25) is 5.02 Å². The summed E-state index contributed by atoms with van der Waals surface area (Å²) in [7, 11) is 0. The first-order valence-corrected chi connectivity index (χ1v) is 5.23. The fourth-order valence-corrected chi connectivity index (χ4v) is 1.82. The molecular formula is C10H11BrClN. The van der Waals surface area contributed by atoms with Crippen LogP contribution in [0.15, 0.2) is 28.7 Å². The van der Waals surface area contributed by atoms with Crippen molar-refractivity contribution >= 4 is 33.6 Å². The van der Waals surface area contributed by atoms with Gasteiger partial charge in [0, 0.05) is 15.1 Å². The summed E-state index contributed by atoms with van der Waals surface area (Å²) in [5.74, 6) is 0. The van der Waals surface area contributed by atoms with Crippen LogP contribution < -0.4 is 5.73 Å². The molecule has 1 aromatic carbocycles. The van der Waals surface area contributed by atoms with Crippen LogP contribution in [0, 0.1) is 0 Å². The monoisotopic (exact) mass is 259 g/mol. The Kier molecular flexibility index (Phi) is 4.50. The highest BCUT2D eigenvalue weighted by atomic mass is 79.9. The second-order valence-electron chi connectivity index (χ2n) is 2.62. The highest BCUT2D eigenvalue weighted by molar-refractivity contribution is 9.10. The summed E-state index contributed by atoms with van der Waals surface area (Å²) in [5.41, 5.74) is 6.38. The van der Waals surface area contributed by atoms with Crippen molar-refractivity contribution in [3.63, 3.8) is 0 Å². The van der Waals surface area contributed by atoms with Crippen LogP contribution in [-0.4, -0.2) is 6.54 Å². The summed E-state index contributed by atoms with van der Waals surface area (Å²) in [6.45, 7) is 0.665. The predicted molar refractivity (Wildman–Crippen MR) is 61.9 cm³/mol. The van der Waals surface area contributed by atoms with Crippen molar-refractivity contribution in [1.29, 1.82) is 0 Å². The average Bonchev–Trinajstić information content (AvgIpc) is 2.10. The number of hydrogen-bond donors (Lipinski definition) is 1. The van der Waals surface area contributed by atoms with E-state index in [-0.39, 0.29) is 0 Å². The van der Waals surface area contributed by atoms with E-state index in [1.165, 1.54) is 0 Å². The van der Waals surface area contributed by atoms with Gasteiger partial charge in [0.1, 0.15) is 0 Å². The maximum Gasteiger partial charge on any atom is 0.0489 e. The van der Waals surface area contributed by atoms with Crippen LogP contribution in [0.4, 0.5) is 0 Å². The molecule has 0 amide bonds. The molecular weight excluding hydrogens is 249 g/mol. The zero-order chi connectivity index (χ0) is 9.68. The fraction of sp³-hybridized carbons (Fsp3) is 0.200. The van der Waals surface area contributed by atoms with Crippen molar-refractivity contribution in [3.05, 3.63) is 39.3 Å².